The zero-order valence-corrected chi connectivity index (χ0v) is 13.0. The smallest absolute Gasteiger partial charge is 0.298 e. The van der Waals surface area contributed by atoms with Gasteiger partial charge < -0.3 is 14.6 Å². The number of nitrogens with zero attached hydrogens (tertiary/aromatic N) is 2. The maximum atomic E-state index is 12.2. The predicted molar refractivity (Wildman–Crippen MR) is 85.1 cm³/mol. The van der Waals surface area contributed by atoms with Gasteiger partial charge >= 0.3 is 0 Å². The van der Waals surface area contributed by atoms with Gasteiger partial charge in [0.25, 0.3) is 6.01 Å². The quantitative estimate of drug-likeness (QED) is 0.945. The summed E-state index contributed by atoms with van der Waals surface area (Å²) in [5, 5.41) is 3.74. The monoisotopic (exact) mass is 319 g/mol. The summed E-state index contributed by atoms with van der Waals surface area (Å²) in [6, 6.07) is 6.41. The van der Waals surface area contributed by atoms with Crippen LogP contribution in [-0.2, 0) is 4.79 Å². The molecule has 0 bridgehead atoms. The average Bonchev–Trinajstić information content (AvgIpc) is 3.23. The van der Waals surface area contributed by atoms with Crippen molar-refractivity contribution >= 4 is 34.6 Å². The normalized spacial score (nSPS) is 22.0. The molecule has 2 aliphatic rings. The van der Waals surface area contributed by atoms with Crippen LogP contribution < -0.4 is 10.2 Å². The lowest BCUT2D eigenvalue weighted by Crippen LogP contribution is -2.43. The number of piperidine rings is 1. The summed E-state index contributed by atoms with van der Waals surface area (Å²) in [5.41, 5.74) is 1.48. The van der Waals surface area contributed by atoms with Crippen LogP contribution in [0, 0.1) is 5.92 Å². The molecule has 2 aromatic rings. The van der Waals surface area contributed by atoms with E-state index in [2.05, 4.69) is 15.2 Å². The van der Waals surface area contributed by atoms with Crippen LogP contribution in [0.15, 0.2) is 22.6 Å². The third-order valence-electron chi connectivity index (χ3n) is 4.32. The molecule has 2 fully saturated rings. The van der Waals surface area contributed by atoms with E-state index in [0.29, 0.717) is 23.6 Å². The summed E-state index contributed by atoms with van der Waals surface area (Å²) in [7, 11) is 0. The number of nitrogens with one attached hydrogen (secondary N) is 1. The third kappa shape index (κ3) is 2.77. The first-order valence-electron chi connectivity index (χ1n) is 7.80. The van der Waals surface area contributed by atoms with Gasteiger partial charge in [-0.05, 0) is 43.9 Å². The first kappa shape index (κ1) is 13.9. The van der Waals surface area contributed by atoms with E-state index in [0.717, 1.165) is 43.3 Å². The van der Waals surface area contributed by atoms with Crippen molar-refractivity contribution in [2.45, 2.75) is 31.7 Å². The molecule has 1 aromatic heterocycles. The molecule has 4 rings (SSSR count). The highest BCUT2D eigenvalue weighted by atomic mass is 35.5. The molecule has 1 atom stereocenters. The summed E-state index contributed by atoms with van der Waals surface area (Å²) in [5.74, 6) is 0.194. The molecule has 1 saturated heterocycles. The Bertz CT molecular complexity index is 710. The van der Waals surface area contributed by atoms with Gasteiger partial charge in [-0.1, -0.05) is 11.6 Å². The van der Waals surface area contributed by atoms with Crippen LogP contribution in [0.2, 0.25) is 5.02 Å². The topological polar surface area (TPSA) is 58.4 Å². The molecule has 1 aromatic carbocycles. The highest BCUT2D eigenvalue weighted by Gasteiger charge is 2.31. The van der Waals surface area contributed by atoms with Gasteiger partial charge in [0.2, 0.25) is 5.91 Å². The zero-order valence-electron chi connectivity index (χ0n) is 12.2. The lowest BCUT2D eigenvalue weighted by molar-refractivity contribution is -0.125. The van der Waals surface area contributed by atoms with Crippen LogP contribution in [0.5, 0.6) is 0 Å². The van der Waals surface area contributed by atoms with Crippen LogP contribution in [0.3, 0.4) is 0 Å². The van der Waals surface area contributed by atoms with Crippen LogP contribution >= 0.6 is 11.6 Å². The second-order valence-electron chi connectivity index (χ2n) is 6.18. The molecule has 0 radical (unpaired) electrons. The average molecular weight is 320 g/mol. The van der Waals surface area contributed by atoms with Gasteiger partial charge in [0.1, 0.15) is 5.52 Å². The van der Waals surface area contributed by atoms with E-state index in [-0.39, 0.29) is 11.8 Å². The Hall–Kier alpha value is -1.75. The highest BCUT2D eigenvalue weighted by Crippen LogP contribution is 2.28. The van der Waals surface area contributed by atoms with Gasteiger partial charge in [0.15, 0.2) is 5.58 Å². The number of carbonyl (C=O) groups is 1. The molecule has 22 heavy (non-hydrogen) atoms. The minimum atomic E-state index is 0.0213. The molecule has 0 spiro atoms. The van der Waals surface area contributed by atoms with Crippen LogP contribution in [0.4, 0.5) is 6.01 Å². The van der Waals surface area contributed by atoms with Crippen molar-refractivity contribution in [3.05, 3.63) is 23.2 Å². The Balaban J connectivity index is 1.51. The highest BCUT2D eigenvalue weighted by molar-refractivity contribution is 6.31. The Morgan fingerprint density at radius 2 is 2.23 bits per heavy atom. The minimum Gasteiger partial charge on any atom is -0.423 e. The molecular weight excluding hydrogens is 302 g/mol. The Morgan fingerprint density at radius 1 is 1.36 bits per heavy atom. The van der Waals surface area contributed by atoms with E-state index >= 15 is 0 Å². The molecule has 1 N–H and O–H groups in total. The third-order valence-corrected chi connectivity index (χ3v) is 4.56. The molecule has 6 heteroatoms. The lowest BCUT2D eigenvalue weighted by Gasteiger charge is -2.30. The van der Waals surface area contributed by atoms with Crippen LogP contribution in [0.1, 0.15) is 25.7 Å². The van der Waals surface area contributed by atoms with Gasteiger partial charge in [-0.25, -0.2) is 0 Å². The molecule has 1 aliphatic carbocycles. The van der Waals surface area contributed by atoms with Gasteiger partial charge in [-0.2, -0.15) is 4.98 Å². The second kappa shape index (κ2) is 5.47. The maximum Gasteiger partial charge on any atom is 0.298 e. The number of anilines is 1. The van der Waals surface area contributed by atoms with Gasteiger partial charge in [-0.15, -0.1) is 0 Å². The van der Waals surface area contributed by atoms with E-state index in [1.165, 1.54) is 0 Å². The predicted octanol–water partition coefficient (Wildman–Crippen LogP) is 2.98. The van der Waals surface area contributed by atoms with Crippen molar-refractivity contribution < 1.29 is 9.21 Å². The number of amides is 1. The summed E-state index contributed by atoms with van der Waals surface area (Å²) in [6.07, 6.45) is 4.14. The summed E-state index contributed by atoms with van der Waals surface area (Å²) >= 11 is 5.98. The van der Waals surface area contributed by atoms with E-state index < -0.39 is 0 Å². The number of aromatic nitrogens is 1. The number of rotatable bonds is 3. The number of benzene rings is 1. The van der Waals surface area contributed by atoms with E-state index in [4.69, 9.17) is 16.0 Å². The zero-order chi connectivity index (χ0) is 15.1. The van der Waals surface area contributed by atoms with Crippen molar-refractivity contribution in [2.24, 2.45) is 5.92 Å². The second-order valence-corrected chi connectivity index (χ2v) is 6.61. The van der Waals surface area contributed by atoms with Gasteiger partial charge in [0.05, 0.1) is 5.92 Å². The van der Waals surface area contributed by atoms with Crippen molar-refractivity contribution in [1.82, 2.24) is 10.3 Å². The van der Waals surface area contributed by atoms with Crippen molar-refractivity contribution in [3.8, 4) is 0 Å². The van der Waals surface area contributed by atoms with E-state index in [1.807, 2.05) is 6.07 Å². The summed E-state index contributed by atoms with van der Waals surface area (Å²) in [4.78, 5) is 18.8. The molecule has 116 valence electrons. The first-order valence-corrected chi connectivity index (χ1v) is 8.18. The van der Waals surface area contributed by atoms with Crippen LogP contribution in [-0.4, -0.2) is 30.0 Å². The number of oxazole rings is 1. The van der Waals surface area contributed by atoms with Crippen molar-refractivity contribution in [3.63, 3.8) is 0 Å². The minimum absolute atomic E-state index is 0.0213. The Kier molecular flexibility index (Phi) is 3.45. The van der Waals surface area contributed by atoms with Crippen molar-refractivity contribution in [2.75, 3.05) is 18.0 Å². The fourth-order valence-electron chi connectivity index (χ4n) is 2.94. The number of carbonyl (C=O) groups excluding carboxylic acids is 1. The number of hydrogen-bond acceptors (Lipinski definition) is 4. The molecule has 2 heterocycles. The summed E-state index contributed by atoms with van der Waals surface area (Å²) in [6.45, 7) is 1.53. The van der Waals surface area contributed by atoms with E-state index in [1.54, 1.807) is 12.1 Å². The molecule has 1 amide bonds. The maximum absolute atomic E-state index is 12.2. The molecule has 5 nitrogen and oxygen atoms in total. The van der Waals surface area contributed by atoms with Crippen molar-refractivity contribution in [1.29, 1.82) is 0 Å². The van der Waals surface area contributed by atoms with Crippen LogP contribution in [0.25, 0.3) is 11.1 Å². The first-order chi connectivity index (χ1) is 10.7. The fourth-order valence-corrected chi connectivity index (χ4v) is 3.10. The van der Waals surface area contributed by atoms with Gasteiger partial charge in [-0.3, -0.25) is 4.79 Å². The number of hydrogen-bond donors (Lipinski definition) is 1. The standard InChI is InChI=1S/C16H18ClN3O2/c17-11-3-6-14-13(8-11)19-16(22-14)20-7-1-2-10(9-20)15(21)18-12-4-5-12/h3,6,8,10,12H,1-2,4-5,7,9H2,(H,18,21). The summed E-state index contributed by atoms with van der Waals surface area (Å²) < 4.78 is 5.81. The molecular formula is C16H18ClN3O2. The van der Waals surface area contributed by atoms with Gasteiger partial charge in [0, 0.05) is 24.2 Å². The molecule has 1 saturated carbocycles. The largest absolute Gasteiger partial charge is 0.423 e. The molecule has 1 unspecified atom stereocenters. The Labute approximate surface area is 133 Å². The SMILES string of the molecule is O=C(NC1CC1)C1CCCN(c2nc3cc(Cl)ccc3o2)C1. The molecule has 1 aliphatic heterocycles. The number of fused-ring (bicyclic) bond motifs is 1. The van der Waals surface area contributed by atoms with E-state index in [9.17, 15) is 4.79 Å². The number of halogens is 1. The Morgan fingerprint density at radius 3 is 3.05 bits per heavy atom. The lowest BCUT2D eigenvalue weighted by atomic mass is 9.97. The fraction of sp³-hybridized carbons (Fsp3) is 0.500.